The average Bonchev–Trinajstić information content (AvgIpc) is 1.95. The second kappa shape index (κ2) is 2.34. The van der Waals surface area contributed by atoms with Crippen LogP contribution >= 0.6 is 0 Å². The van der Waals surface area contributed by atoms with Gasteiger partial charge in [-0.25, -0.2) is 4.98 Å². The average molecular weight is 143 g/mol. The van der Waals surface area contributed by atoms with Gasteiger partial charge in [0.15, 0.2) is 0 Å². The highest BCUT2D eigenvalue weighted by Gasteiger charge is 2.05. The van der Waals surface area contributed by atoms with E-state index in [1.54, 1.807) is 0 Å². The van der Waals surface area contributed by atoms with E-state index in [2.05, 4.69) is 10.2 Å². The van der Waals surface area contributed by atoms with Gasteiger partial charge in [-0.3, -0.25) is 4.79 Å². The van der Waals surface area contributed by atoms with Crippen molar-refractivity contribution in [3.63, 3.8) is 0 Å². The lowest BCUT2D eigenvalue weighted by molar-refractivity contribution is 0.603. The van der Waals surface area contributed by atoms with Gasteiger partial charge < -0.3 is 4.98 Å². The predicted molar refractivity (Wildman–Crippen MR) is 30.3 cm³/mol. The van der Waals surface area contributed by atoms with Crippen LogP contribution in [0.25, 0.3) is 0 Å². The number of halogens is 1. The quantitative estimate of drug-likeness (QED) is 0.574. The first-order valence-corrected chi connectivity index (χ1v) is 2.32. The molecule has 0 aliphatic heterocycles. The largest absolute Gasteiger partial charge is 0.310 e. The lowest BCUT2D eigenvalue weighted by Gasteiger charge is -1.86. The zero-order chi connectivity index (χ0) is 7.56. The van der Waals surface area contributed by atoms with Crippen molar-refractivity contribution >= 4 is 5.82 Å². The van der Waals surface area contributed by atoms with E-state index in [0.29, 0.717) is 0 Å². The lowest BCUT2D eigenvalue weighted by atomic mass is 10.6. The predicted octanol–water partition coefficient (Wildman–Crippen LogP) is 0.307. The molecule has 10 heavy (non-hydrogen) atoms. The number of nitroso groups, excluding NO2 is 1. The van der Waals surface area contributed by atoms with Crippen LogP contribution in [-0.2, 0) is 0 Å². The van der Waals surface area contributed by atoms with Crippen LogP contribution < -0.4 is 5.56 Å². The van der Waals surface area contributed by atoms with E-state index in [-0.39, 0.29) is 0 Å². The van der Waals surface area contributed by atoms with E-state index in [1.807, 2.05) is 4.98 Å². The topological polar surface area (TPSA) is 75.2 Å². The Kier molecular flexibility index (Phi) is 1.53. The molecule has 1 N–H and O–H groups in total. The first-order valence-electron chi connectivity index (χ1n) is 2.32. The Balaban J connectivity index is 3.41. The van der Waals surface area contributed by atoms with Crippen molar-refractivity contribution < 1.29 is 4.39 Å². The molecular formula is C4H2FN3O2. The van der Waals surface area contributed by atoms with Gasteiger partial charge in [-0.2, -0.15) is 4.39 Å². The molecule has 0 amide bonds. The van der Waals surface area contributed by atoms with E-state index in [0.717, 1.165) is 6.33 Å². The number of nitrogens with zero attached hydrogens (tertiary/aromatic N) is 2. The van der Waals surface area contributed by atoms with Gasteiger partial charge in [0, 0.05) is 0 Å². The maximum absolute atomic E-state index is 12.3. The second-order valence-electron chi connectivity index (χ2n) is 1.46. The molecule has 5 nitrogen and oxygen atoms in total. The summed E-state index contributed by atoms with van der Waals surface area (Å²) in [5.74, 6) is -1.97. The molecule has 0 aromatic carbocycles. The highest BCUT2D eigenvalue weighted by atomic mass is 19.1. The molecule has 52 valence electrons. The fourth-order valence-corrected chi connectivity index (χ4v) is 0.437. The minimum atomic E-state index is -1.25. The second-order valence-corrected chi connectivity index (χ2v) is 1.46. The molecule has 0 aliphatic carbocycles. The number of aromatic nitrogens is 2. The first kappa shape index (κ1) is 6.53. The number of hydrogen-bond donors (Lipinski definition) is 1. The van der Waals surface area contributed by atoms with Crippen LogP contribution in [0.1, 0.15) is 0 Å². The molecule has 0 radical (unpaired) electrons. The van der Waals surface area contributed by atoms with Gasteiger partial charge in [-0.1, -0.05) is 0 Å². The SMILES string of the molecule is O=Nc1nc[nH]c(=O)c1F. The summed E-state index contributed by atoms with van der Waals surface area (Å²) in [5.41, 5.74) is -0.996. The fraction of sp³-hybridized carbons (Fsp3) is 0. The van der Waals surface area contributed by atoms with Crippen LogP contribution in [0.5, 0.6) is 0 Å². The van der Waals surface area contributed by atoms with Crippen LogP contribution in [-0.4, -0.2) is 9.97 Å². The summed E-state index contributed by atoms with van der Waals surface area (Å²) in [7, 11) is 0. The Morgan fingerprint density at radius 2 is 2.40 bits per heavy atom. The van der Waals surface area contributed by atoms with Gasteiger partial charge in [0.2, 0.25) is 11.6 Å². The standard InChI is InChI=1S/C4H2FN3O2/c5-2-3(8-10)6-1-7-4(2)9/h1H,(H,6,7,9). The third-order valence-corrected chi connectivity index (χ3v) is 0.865. The third kappa shape index (κ3) is 0.903. The molecule has 0 saturated carbocycles. The highest BCUT2D eigenvalue weighted by Crippen LogP contribution is 2.05. The van der Waals surface area contributed by atoms with E-state index in [4.69, 9.17) is 0 Å². The minimum Gasteiger partial charge on any atom is -0.310 e. The Morgan fingerprint density at radius 3 is 2.90 bits per heavy atom. The van der Waals surface area contributed by atoms with Gasteiger partial charge in [0.1, 0.15) is 0 Å². The lowest BCUT2D eigenvalue weighted by Crippen LogP contribution is -2.10. The summed E-state index contributed by atoms with van der Waals surface area (Å²) in [4.78, 5) is 25.1. The summed E-state index contributed by atoms with van der Waals surface area (Å²) in [5, 5.41) is 2.17. The number of hydrogen-bond acceptors (Lipinski definition) is 4. The van der Waals surface area contributed by atoms with E-state index >= 15 is 0 Å². The molecule has 1 heterocycles. The van der Waals surface area contributed by atoms with Crippen molar-refractivity contribution in [3.05, 3.63) is 27.4 Å². The van der Waals surface area contributed by atoms with Crippen molar-refractivity contribution in [2.45, 2.75) is 0 Å². The number of H-pyrrole nitrogens is 1. The van der Waals surface area contributed by atoms with E-state index in [1.165, 1.54) is 0 Å². The summed E-state index contributed by atoms with van der Waals surface area (Å²) in [6.45, 7) is 0. The van der Waals surface area contributed by atoms with Crippen molar-refractivity contribution in [3.8, 4) is 0 Å². The molecule has 0 fully saturated rings. The zero-order valence-corrected chi connectivity index (χ0v) is 4.67. The number of aromatic amines is 1. The van der Waals surface area contributed by atoms with Crippen molar-refractivity contribution in [1.82, 2.24) is 9.97 Å². The normalized spacial score (nSPS) is 9.30. The molecule has 0 atom stereocenters. The van der Waals surface area contributed by atoms with Gasteiger partial charge in [0.05, 0.1) is 6.33 Å². The molecule has 0 spiro atoms. The smallest absolute Gasteiger partial charge is 0.289 e. The maximum Gasteiger partial charge on any atom is 0.289 e. The van der Waals surface area contributed by atoms with Crippen LogP contribution in [0.4, 0.5) is 10.2 Å². The maximum atomic E-state index is 12.3. The Bertz CT molecular complexity index is 308. The van der Waals surface area contributed by atoms with Gasteiger partial charge in [0.25, 0.3) is 5.56 Å². The third-order valence-electron chi connectivity index (χ3n) is 0.865. The molecule has 1 rings (SSSR count). The van der Waals surface area contributed by atoms with Gasteiger partial charge in [-0.15, -0.1) is 4.91 Å². The number of rotatable bonds is 1. The molecule has 0 unspecified atom stereocenters. The molecule has 1 aromatic heterocycles. The van der Waals surface area contributed by atoms with Crippen molar-refractivity contribution in [2.75, 3.05) is 0 Å². The van der Waals surface area contributed by atoms with Crippen molar-refractivity contribution in [1.29, 1.82) is 0 Å². The Labute approximate surface area is 53.9 Å². The summed E-state index contributed by atoms with van der Waals surface area (Å²) in [6, 6.07) is 0. The van der Waals surface area contributed by atoms with E-state index in [9.17, 15) is 14.1 Å². The van der Waals surface area contributed by atoms with Gasteiger partial charge >= 0.3 is 0 Å². The minimum absolute atomic E-state index is 0.719. The zero-order valence-electron chi connectivity index (χ0n) is 4.67. The molecular weight excluding hydrogens is 141 g/mol. The Morgan fingerprint density at radius 1 is 1.70 bits per heavy atom. The van der Waals surface area contributed by atoms with E-state index < -0.39 is 17.2 Å². The number of nitrogens with one attached hydrogen (secondary N) is 1. The van der Waals surface area contributed by atoms with Crippen LogP contribution in [0.3, 0.4) is 0 Å². The summed E-state index contributed by atoms with van der Waals surface area (Å²) >= 11 is 0. The van der Waals surface area contributed by atoms with Crippen molar-refractivity contribution in [2.24, 2.45) is 5.18 Å². The monoisotopic (exact) mass is 143 g/mol. The fourth-order valence-electron chi connectivity index (χ4n) is 0.437. The molecule has 0 bridgehead atoms. The van der Waals surface area contributed by atoms with Crippen LogP contribution in [0, 0.1) is 10.7 Å². The Hall–Kier alpha value is -1.59. The van der Waals surface area contributed by atoms with Crippen LogP contribution in [0.15, 0.2) is 16.3 Å². The highest BCUT2D eigenvalue weighted by molar-refractivity contribution is 5.24. The van der Waals surface area contributed by atoms with Crippen LogP contribution in [0.2, 0.25) is 0 Å². The summed E-state index contributed by atoms with van der Waals surface area (Å²) < 4.78 is 12.3. The van der Waals surface area contributed by atoms with Gasteiger partial charge in [-0.05, 0) is 5.18 Å². The molecule has 1 aromatic rings. The molecule has 6 heteroatoms. The first-order chi connectivity index (χ1) is 4.75. The summed E-state index contributed by atoms with van der Waals surface area (Å²) in [6.07, 6.45) is 0.905. The molecule has 0 saturated heterocycles. The molecule has 0 aliphatic rings.